The van der Waals surface area contributed by atoms with E-state index in [1.165, 1.54) is 11.8 Å². The number of hydrogen-bond acceptors (Lipinski definition) is 4. The number of methoxy groups -OCH3 is 1. The van der Waals surface area contributed by atoms with E-state index < -0.39 is 4.87 Å². The Hall–Kier alpha value is -3.16. The highest BCUT2D eigenvalue weighted by Crippen LogP contribution is 2.55. The molecule has 1 fully saturated rings. The number of carbonyl (C=O) groups excluding carboxylic acids is 2. The van der Waals surface area contributed by atoms with Crippen LogP contribution in [-0.2, 0) is 16.2 Å². The second kappa shape index (κ2) is 8.89. The number of rotatable bonds is 4. The van der Waals surface area contributed by atoms with E-state index in [1.54, 1.807) is 41.2 Å². The third kappa shape index (κ3) is 3.79. The number of aryl methyl sites for hydroxylation is 1. The number of hydrogen-bond donors (Lipinski definition) is 1. The molecule has 3 amide bonds. The number of fused-ring (bicyclic) bond motifs is 2. The van der Waals surface area contributed by atoms with Crippen LogP contribution < -0.4 is 15.0 Å². The highest BCUT2D eigenvalue weighted by molar-refractivity contribution is 8.01. The fourth-order valence-electron chi connectivity index (χ4n) is 4.51. The van der Waals surface area contributed by atoms with Crippen LogP contribution in [0.15, 0.2) is 66.7 Å². The maximum Gasteiger partial charge on any atom is 0.323 e. The molecule has 1 N–H and O–H groups in total. The summed E-state index contributed by atoms with van der Waals surface area (Å²) >= 11 is 7.58. The molecule has 2 heterocycles. The van der Waals surface area contributed by atoms with Crippen molar-refractivity contribution in [3.05, 3.63) is 88.4 Å². The van der Waals surface area contributed by atoms with E-state index in [0.29, 0.717) is 35.3 Å². The Labute approximate surface area is 207 Å². The van der Waals surface area contributed by atoms with E-state index in [2.05, 4.69) is 5.32 Å². The van der Waals surface area contributed by atoms with Crippen molar-refractivity contribution in [2.45, 2.75) is 18.3 Å². The summed E-state index contributed by atoms with van der Waals surface area (Å²) in [5.41, 5.74) is 4.33. The van der Waals surface area contributed by atoms with Gasteiger partial charge in [0.05, 0.1) is 19.3 Å². The van der Waals surface area contributed by atoms with E-state index in [-0.39, 0.29) is 11.9 Å². The van der Waals surface area contributed by atoms with Crippen molar-refractivity contribution < 1.29 is 14.3 Å². The average molecular weight is 494 g/mol. The van der Waals surface area contributed by atoms with E-state index in [0.717, 1.165) is 22.4 Å². The van der Waals surface area contributed by atoms with E-state index in [1.807, 2.05) is 49.4 Å². The monoisotopic (exact) mass is 493 g/mol. The first kappa shape index (κ1) is 22.6. The standard InChI is InChI=1S/C26H24ClN3O3S/c1-17-6-8-18(9-7-17)16-29-23-11-10-21(33-2)15-22(23)26(24(29)31)30(12-13-34-26)25(32)28-20-5-3-4-19(27)14-20/h3-11,14-15H,12-13,16H2,1-2H3,(H,28,32). The Kier molecular flexibility index (Phi) is 5.91. The molecule has 3 aromatic rings. The first-order chi connectivity index (χ1) is 16.4. The molecule has 174 valence electrons. The van der Waals surface area contributed by atoms with Gasteiger partial charge in [0.25, 0.3) is 5.91 Å². The minimum Gasteiger partial charge on any atom is -0.497 e. The molecule has 1 atom stereocenters. The predicted octanol–water partition coefficient (Wildman–Crippen LogP) is 5.64. The number of nitrogens with zero attached hydrogens (tertiary/aromatic N) is 2. The van der Waals surface area contributed by atoms with Crippen LogP contribution in [0.5, 0.6) is 5.75 Å². The third-order valence-corrected chi connectivity index (χ3v) is 7.84. The van der Waals surface area contributed by atoms with E-state index >= 15 is 0 Å². The van der Waals surface area contributed by atoms with E-state index in [4.69, 9.17) is 16.3 Å². The van der Waals surface area contributed by atoms with Crippen LogP contribution >= 0.6 is 23.4 Å². The molecular weight excluding hydrogens is 470 g/mol. The molecular formula is C26H24ClN3O3S. The number of carbonyl (C=O) groups is 2. The van der Waals surface area contributed by atoms with Crippen LogP contribution in [0.1, 0.15) is 16.7 Å². The summed E-state index contributed by atoms with van der Waals surface area (Å²) in [6.07, 6.45) is 0. The highest BCUT2D eigenvalue weighted by Gasteiger charge is 2.59. The molecule has 6 nitrogen and oxygen atoms in total. The Bertz CT molecular complexity index is 1270. The molecule has 1 spiro atoms. The van der Waals surface area contributed by atoms with Crippen molar-refractivity contribution in [3.8, 4) is 5.75 Å². The predicted molar refractivity (Wildman–Crippen MR) is 137 cm³/mol. The molecule has 0 bridgehead atoms. The van der Waals surface area contributed by atoms with Crippen molar-refractivity contribution in [3.63, 3.8) is 0 Å². The first-order valence-corrected chi connectivity index (χ1v) is 12.3. The first-order valence-electron chi connectivity index (χ1n) is 11.0. The molecule has 0 aliphatic carbocycles. The van der Waals surface area contributed by atoms with Gasteiger partial charge in [-0.25, -0.2) is 4.79 Å². The largest absolute Gasteiger partial charge is 0.497 e. The number of anilines is 2. The van der Waals surface area contributed by atoms with Crippen LogP contribution in [0.2, 0.25) is 5.02 Å². The lowest BCUT2D eigenvalue weighted by atomic mass is 10.1. The van der Waals surface area contributed by atoms with Crippen LogP contribution in [0.25, 0.3) is 0 Å². The SMILES string of the molecule is COc1ccc2c(c1)C1(SCCN1C(=O)Nc1cccc(Cl)c1)C(=O)N2Cc1ccc(C)cc1. The number of benzene rings is 3. The Balaban J connectivity index is 1.54. The lowest BCUT2D eigenvalue weighted by molar-refractivity contribution is -0.123. The van der Waals surface area contributed by atoms with Crippen molar-refractivity contribution in [2.24, 2.45) is 0 Å². The molecule has 8 heteroatoms. The maximum absolute atomic E-state index is 14.1. The molecule has 1 saturated heterocycles. The fraction of sp³-hybridized carbons (Fsp3) is 0.231. The van der Waals surface area contributed by atoms with Crippen molar-refractivity contribution in [1.82, 2.24) is 4.90 Å². The van der Waals surface area contributed by atoms with Gasteiger partial charge in [-0.1, -0.05) is 47.5 Å². The summed E-state index contributed by atoms with van der Waals surface area (Å²) in [5.74, 6) is 1.16. The molecule has 0 radical (unpaired) electrons. The Morgan fingerprint density at radius 3 is 2.68 bits per heavy atom. The summed E-state index contributed by atoms with van der Waals surface area (Å²) in [6, 6.07) is 20.4. The minimum absolute atomic E-state index is 0.125. The summed E-state index contributed by atoms with van der Waals surface area (Å²) in [5, 5.41) is 3.44. The molecule has 2 aliphatic heterocycles. The second-order valence-corrected chi connectivity index (χ2v) is 10.1. The number of nitrogens with one attached hydrogen (secondary N) is 1. The number of halogens is 1. The average Bonchev–Trinajstić information content (AvgIpc) is 3.37. The van der Waals surface area contributed by atoms with Crippen molar-refractivity contribution in [2.75, 3.05) is 29.6 Å². The lowest BCUT2D eigenvalue weighted by Crippen LogP contribution is -2.51. The van der Waals surface area contributed by atoms with Gasteiger partial charge in [-0.05, 0) is 48.9 Å². The zero-order valence-electron chi connectivity index (χ0n) is 18.9. The van der Waals surface area contributed by atoms with Gasteiger partial charge in [0.2, 0.25) is 0 Å². The highest BCUT2D eigenvalue weighted by atomic mass is 35.5. The summed E-state index contributed by atoms with van der Waals surface area (Å²) < 4.78 is 5.48. The third-order valence-electron chi connectivity index (χ3n) is 6.18. The van der Waals surface area contributed by atoms with Crippen molar-refractivity contribution >= 4 is 46.7 Å². The summed E-state index contributed by atoms with van der Waals surface area (Å²) in [7, 11) is 1.60. The molecule has 34 heavy (non-hydrogen) atoms. The zero-order chi connectivity index (χ0) is 23.9. The number of urea groups is 1. The summed E-state index contributed by atoms with van der Waals surface area (Å²) in [6.45, 7) is 2.90. The molecule has 5 rings (SSSR count). The van der Waals surface area contributed by atoms with Gasteiger partial charge in [0, 0.05) is 28.6 Å². The number of amides is 3. The van der Waals surface area contributed by atoms with Gasteiger partial charge in [0.15, 0.2) is 4.87 Å². The van der Waals surface area contributed by atoms with Gasteiger partial charge in [0.1, 0.15) is 5.75 Å². The van der Waals surface area contributed by atoms with Crippen LogP contribution in [-0.4, -0.2) is 36.2 Å². The number of thioether (sulfide) groups is 1. The molecule has 3 aromatic carbocycles. The second-order valence-electron chi connectivity index (χ2n) is 8.34. The van der Waals surface area contributed by atoms with Gasteiger partial charge in [-0.2, -0.15) is 0 Å². The van der Waals surface area contributed by atoms with Gasteiger partial charge >= 0.3 is 6.03 Å². The quantitative estimate of drug-likeness (QED) is 0.511. The van der Waals surface area contributed by atoms with Crippen LogP contribution in [0.4, 0.5) is 16.2 Å². The zero-order valence-corrected chi connectivity index (χ0v) is 20.4. The molecule has 0 saturated carbocycles. The fourth-order valence-corrected chi connectivity index (χ4v) is 6.15. The van der Waals surface area contributed by atoms with Gasteiger partial charge in [-0.15, -0.1) is 11.8 Å². The van der Waals surface area contributed by atoms with Gasteiger partial charge in [-0.3, -0.25) is 9.69 Å². The van der Waals surface area contributed by atoms with E-state index in [9.17, 15) is 9.59 Å². The number of ether oxygens (including phenoxy) is 1. The topological polar surface area (TPSA) is 61.9 Å². The van der Waals surface area contributed by atoms with Gasteiger partial charge < -0.3 is 15.0 Å². The van der Waals surface area contributed by atoms with Crippen LogP contribution in [0.3, 0.4) is 0 Å². The minimum atomic E-state index is -1.16. The Morgan fingerprint density at radius 2 is 1.94 bits per heavy atom. The summed E-state index contributed by atoms with van der Waals surface area (Å²) in [4.78, 5) is 29.8. The molecule has 2 aliphatic rings. The van der Waals surface area contributed by atoms with Crippen molar-refractivity contribution in [1.29, 1.82) is 0 Å². The molecule has 0 aromatic heterocycles. The normalized spacial score (nSPS) is 19.0. The molecule has 1 unspecified atom stereocenters. The lowest BCUT2D eigenvalue weighted by Gasteiger charge is -2.33. The Morgan fingerprint density at radius 1 is 1.15 bits per heavy atom. The van der Waals surface area contributed by atoms with Crippen LogP contribution in [0, 0.1) is 6.92 Å². The smallest absolute Gasteiger partial charge is 0.323 e. The maximum atomic E-state index is 14.1.